The van der Waals surface area contributed by atoms with Crippen LogP contribution in [0.25, 0.3) is 5.65 Å². The molecule has 0 radical (unpaired) electrons. The molecule has 0 spiro atoms. The van der Waals surface area contributed by atoms with Crippen molar-refractivity contribution in [2.75, 3.05) is 13.2 Å². The highest BCUT2D eigenvalue weighted by atomic mass is 32.2. The Labute approximate surface area is 135 Å². The molecule has 9 heteroatoms. The van der Waals surface area contributed by atoms with Crippen molar-refractivity contribution in [3.05, 3.63) is 24.2 Å². The van der Waals surface area contributed by atoms with Crippen molar-refractivity contribution in [2.24, 2.45) is 5.14 Å². The van der Waals surface area contributed by atoms with Crippen LogP contribution in [0, 0.1) is 11.5 Å². The molecule has 1 saturated heterocycles. The van der Waals surface area contributed by atoms with Crippen molar-refractivity contribution < 1.29 is 13.2 Å². The maximum Gasteiger partial charge on any atom is 0.239 e. The third-order valence-electron chi connectivity index (χ3n) is 3.51. The summed E-state index contributed by atoms with van der Waals surface area (Å²) in [5.74, 6) is 3.90. The van der Waals surface area contributed by atoms with Crippen molar-refractivity contribution in [2.45, 2.75) is 30.0 Å². The topological polar surface area (TPSA) is 99.6 Å². The van der Waals surface area contributed by atoms with Gasteiger partial charge in [0.2, 0.25) is 10.0 Å². The quantitative estimate of drug-likeness (QED) is 0.629. The van der Waals surface area contributed by atoms with Gasteiger partial charge in [-0.1, -0.05) is 25.6 Å². The summed E-state index contributed by atoms with van der Waals surface area (Å²) >= 11 is 0. The van der Waals surface area contributed by atoms with Crippen LogP contribution in [0.1, 0.15) is 5.82 Å². The fraction of sp³-hybridized carbons (Fsp3) is 0.429. The van der Waals surface area contributed by atoms with Gasteiger partial charge in [0.1, 0.15) is 13.5 Å². The van der Waals surface area contributed by atoms with Crippen LogP contribution in [0.15, 0.2) is 23.2 Å². The molecule has 7 nitrogen and oxygen atoms in total. The molecule has 0 atom stereocenters. The maximum absolute atomic E-state index is 11.6. The number of rotatable bonds is 2. The van der Waals surface area contributed by atoms with E-state index in [2.05, 4.69) is 41.3 Å². The number of aromatic nitrogens is 3. The number of nitrogens with zero attached hydrogens (tertiary/aromatic N) is 3. The van der Waals surface area contributed by atoms with E-state index in [1.807, 2.05) is 0 Å². The highest BCUT2D eigenvalue weighted by Gasteiger charge is 2.43. The lowest BCUT2D eigenvalue weighted by molar-refractivity contribution is -0.0333. The maximum atomic E-state index is 11.6. The number of sulfonamides is 1. The number of hydrogen-bond acceptors (Lipinski definition) is 5. The van der Waals surface area contributed by atoms with Gasteiger partial charge in [-0.2, -0.15) is 0 Å². The molecule has 0 saturated carbocycles. The minimum Gasteiger partial charge on any atom is -0.377 e. The normalized spacial score (nSPS) is 17.4. The third-order valence-corrected chi connectivity index (χ3v) is 5.28. The van der Waals surface area contributed by atoms with E-state index >= 15 is 0 Å². The molecule has 3 rings (SSSR count). The summed E-state index contributed by atoms with van der Waals surface area (Å²) in [6, 6.07) is 3.00. The first-order valence-corrected chi connectivity index (χ1v) is 12.2. The average molecular weight is 350 g/mol. The monoisotopic (exact) mass is 350 g/mol. The SMILES string of the molecule is C[Si](C)(C)C#CC1(c2nnc3ccc(S(N)(=O)=O)cn23)COC1. The summed E-state index contributed by atoms with van der Waals surface area (Å²) in [4.78, 5) is 0.0135. The molecule has 122 valence electrons. The lowest BCUT2D eigenvalue weighted by Crippen LogP contribution is -2.47. The molecule has 23 heavy (non-hydrogen) atoms. The molecule has 0 aromatic carbocycles. The molecule has 3 heterocycles. The Kier molecular flexibility index (Phi) is 3.60. The van der Waals surface area contributed by atoms with E-state index < -0.39 is 23.5 Å². The first-order chi connectivity index (χ1) is 10.6. The first kappa shape index (κ1) is 16.1. The van der Waals surface area contributed by atoms with Crippen LogP contribution in [0.3, 0.4) is 0 Å². The van der Waals surface area contributed by atoms with Crippen LogP contribution >= 0.6 is 0 Å². The number of pyridine rings is 1. The summed E-state index contributed by atoms with van der Waals surface area (Å²) < 4.78 is 30.2. The molecule has 0 aliphatic carbocycles. The Morgan fingerprint density at radius 1 is 1.30 bits per heavy atom. The van der Waals surface area contributed by atoms with Crippen LogP contribution in [-0.4, -0.2) is 44.3 Å². The average Bonchev–Trinajstić information content (AvgIpc) is 2.79. The predicted molar refractivity (Wildman–Crippen MR) is 88.0 cm³/mol. The minimum atomic E-state index is -3.80. The Bertz CT molecular complexity index is 930. The van der Waals surface area contributed by atoms with Gasteiger partial charge in [-0.25, -0.2) is 13.6 Å². The van der Waals surface area contributed by atoms with Crippen molar-refractivity contribution >= 4 is 23.7 Å². The van der Waals surface area contributed by atoms with Crippen molar-refractivity contribution in [3.63, 3.8) is 0 Å². The fourth-order valence-corrected chi connectivity index (χ4v) is 3.36. The van der Waals surface area contributed by atoms with Gasteiger partial charge in [-0.3, -0.25) is 4.40 Å². The number of primary sulfonamides is 1. The summed E-state index contributed by atoms with van der Waals surface area (Å²) in [5.41, 5.74) is 3.35. The summed E-state index contributed by atoms with van der Waals surface area (Å²) in [7, 11) is -5.36. The second kappa shape index (κ2) is 5.14. The molecular formula is C14H18N4O3SSi. The Balaban J connectivity index is 2.16. The largest absolute Gasteiger partial charge is 0.377 e. The van der Waals surface area contributed by atoms with Gasteiger partial charge in [-0.05, 0) is 12.1 Å². The van der Waals surface area contributed by atoms with Gasteiger partial charge >= 0.3 is 0 Å². The zero-order valence-electron chi connectivity index (χ0n) is 13.2. The van der Waals surface area contributed by atoms with Crippen LogP contribution in [0.2, 0.25) is 19.6 Å². The third kappa shape index (κ3) is 3.03. The standard InChI is InChI=1S/C14H18N4O3SSi/c1-23(2,3)7-6-14(9-21-10-14)13-17-16-12-5-4-11(8-18(12)13)22(15,19)20/h4-5,8H,9-10H2,1-3H3,(H2,15,19,20). The second-order valence-electron chi connectivity index (χ2n) is 6.74. The molecule has 0 bridgehead atoms. The van der Waals surface area contributed by atoms with E-state index in [4.69, 9.17) is 9.88 Å². The van der Waals surface area contributed by atoms with Gasteiger partial charge in [0.25, 0.3) is 0 Å². The summed E-state index contributed by atoms with van der Waals surface area (Å²) in [5, 5.41) is 13.5. The summed E-state index contributed by atoms with van der Waals surface area (Å²) in [6.07, 6.45) is 1.44. The van der Waals surface area contributed by atoms with E-state index in [9.17, 15) is 8.42 Å². The molecule has 2 aromatic rings. The minimum absolute atomic E-state index is 0.0135. The Morgan fingerprint density at radius 2 is 2.00 bits per heavy atom. The predicted octanol–water partition coefficient (Wildman–Crippen LogP) is 0.525. The zero-order valence-corrected chi connectivity index (χ0v) is 15.0. The number of ether oxygens (including phenoxy) is 1. The van der Waals surface area contributed by atoms with E-state index in [1.54, 1.807) is 10.5 Å². The molecule has 2 aromatic heterocycles. The van der Waals surface area contributed by atoms with Gasteiger partial charge in [0.15, 0.2) is 11.5 Å². The van der Waals surface area contributed by atoms with E-state index in [0.29, 0.717) is 24.7 Å². The van der Waals surface area contributed by atoms with Gasteiger partial charge in [0.05, 0.1) is 18.1 Å². The number of fused-ring (bicyclic) bond motifs is 1. The molecule has 0 unspecified atom stereocenters. The first-order valence-electron chi connectivity index (χ1n) is 7.11. The fourth-order valence-electron chi connectivity index (χ4n) is 2.24. The van der Waals surface area contributed by atoms with E-state index in [0.717, 1.165) is 0 Å². The summed E-state index contributed by atoms with van der Waals surface area (Å²) in [6.45, 7) is 7.33. The van der Waals surface area contributed by atoms with Crippen molar-refractivity contribution in [3.8, 4) is 11.5 Å². The van der Waals surface area contributed by atoms with Crippen LogP contribution in [0.5, 0.6) is 0 Å². The van der Waals surface area contributed by atoms with Crippen LogP contribution < -0.4 is 5.14 Å². The number of hydrogen-bond donors (Lipinski definition) is 1. The molecule has 2 N–H and O–H groups in total. The second-order valence-corrected chi connectivity index (χ2v) is 13.0. The number of nitrogens with two attached hydrogens (primary N) is 1. The van der Waals surface area contributed by atoms with Gasteiger partial charge in [0, 0.05) is 6.20 Å². The van der Waals surface area contributed by atoms with E-state index in [-0.39, 0.29) is 4.90 Å². The Hall–Kier alpha value is -1.73. The smallest absolute Gasteiger partial charge is 0.239 e. The molecule has 1 aliphatic rings. The van der Waals surface area contributed by atoms with Crippen molar-refractivity contribution in [1.29, 1.82) is 0 Å². The highest BCUT2D eigenvalue weighted by molar-refractivity contribution is 7.89. The molecule has 1 aliphatic heterocycles. The Morgan fingerprint density at radius 3 is 2.52 bits per heavy atom. The van der Waals surface area contributed by atoms with Gasteiger partial charge in [-0.15, -0.1) is 15.7 Å². The highest BCUT2D eigenvalue weighted by Crippen LogP contribution is 2.31. The van der Waals surface area contributed by atoms with Crippen LogP contribution in [-0.2, 0) is 20.2 Å². The molecule has 0 amide bonds. The van der Waals surface area contributed by atoms with Crippen LogP contribution in [0.4, 0.5) is 0 Å². The molecular weight excluding hydrogens is 332 g/mol. The lowest BCUT2D eigenvalue weighted by atomic mass is 9.86. The van der Waals surface area contributed by atoms with Gasteiger partial charge < -0.3 is 4.74 Å². The lowest BCUT2D eigenvalue weighted by Gasteiger charge is -2.35. The van der Waals surface area contributed by atoms with E-state index in [1.165, 1.54) is 12.3 Å². The zero-order chi connectivity index (χ0) is 16.9. The van der Waals surface area contributed by atoms with Crippen molar-refractivity contribution in [1.82, 2.24) is 14.6 Å². The molecule has 1 fully saturated rings.